The average molecular weight is 842 g/mol. The molecule has 0 saturated carbocycles. The third kappa shape index (κ3) is 30.8. The molecule has 59 heavy (non-hydrogen) atoms. The van der Waals surface area contributed by atoms with Crippen LogP contribution in [0.25, 0.3) is 0 Å². The topological polar surface area (TPSA) is 149 Å². The molecule has 6 N–H and O–H groups in total. The molecule has 9 heteroatoms. The number of nitrogens with one attached hydrogen (secondary N) is 1. The monoisotopic (exact) mass is 842 g/mol. The van der Waals surface area contributed by atoms with Gasteiger partial charge in [-0.1, -0.05) is 232 Å². The van der Waals surface area contributed by atoms with Gasteiger partial charge in [-0.15, -0.1) is 0 Å². The van der Waals surface area contributed by atoms with Crippen LogP contribution in [0.15, 0.2) is 0 Å². The van der Waals surface area contributed by atoms with E-state index in [4.69, 9.17) is 9.47 Å². The highest BCUT2D eigenvalue weighted by Crippen LogP contribution is 2.23. The zero-order valence-electron chi connectivity index (χ0n) is 38.9. The first-order valence-corrected chi connectivity index (χ1v) is 25.7. The van der Waals surface area contributed by atoms with Gasteiger partial charge in [0.2, 0.25) is 5.91 Å². The minimum Gasteiger partial charge on any atom is -0.390 e. The van der Waals surface area contributed by atoms with Crippen molar-refractivity contribution in [3.05, 3.63) is 0 Å². The Morgan fingerprint density at radius 3 is 1.22 bits per heavy atom. The second-order valence-corrected chi connectivity index (χ2v) is 18.5. The first-order chi connectivity index (χ1) is 28.7. The molecule has 0 aromatic carbocycles. The Balaban J connectivity index is 2.23. The molecule has 9 nitrogen and oxygen atoms in total. The summed E-state index contributed by atoms with van der Waals surface area (Å²) in [7, 11) is 0. The number of ether oxygens (including phenoxy) is 2. The first kappa shape index (κ1) is 56.2. The lowest BCUT2D eigenvalue weighted by Gasteiger charge is -2.39. The van der Waals surface area contributed by atoms with Gasteiger partial charge in [0.1, 0.15) is 24.4 Å². The van der Waals surface area contributed by atoms with Gasteiger partial charge < -0.3 is 40.3 Å². The lowest BCUT2D eigenvalue weighted by Crippen LogP contribution is -2.58. The molecule has 8 atom stereocenters. The molecule has 1 heterocycles. The smallest absolute Gasteiger partial charge is 0.220 e. The van der Waals surface area contributed by atoms with Crippen molar-refractivity contribution >= 4 is 5.91 Å². The van der Waals surface area contributed by atoms with Crippen molar-refractivity contribution in [3.63, 3.8) is 0 Å². The quantitative estimate of drug-likeness (QED) is 0.0332. The molecule has 1 fully saturated rings. The third-order valence-electron chi connectivity index (χ3n) is 12.8. The molecule has 1 aliphatic rings. The van der Waals surface area contributed by atoms with Crippen LogP contribution in [0.2, 0.25) is 0 Å². The van der Waals surface area contributed by atoms with E-state index in [1.54, 1.807) is 6.92 Å². The normalized spacial score (nSPS) is 21.1. The van der Waals surface area contributed by atoms with Gasteiger partial charge in [0, 0.05) is 6.42 Å². The van der Waals surface area contributed by atoms with Crippen LogP contribution < -0.4 is 5.32 Å². The summed E-state index contributed by atoms with van der Waals surface area (Å²) in [5.74, 6) is -0.215. The van der Waals surface area contributed by atoms with E-state index in [2.05, 4.69) is 19.2 Å². The Morgan fingerprint density at radius 1 is 0.508 bits per heavy atom. The van der Waals surface area contributed by atoms with E-state index in [-0.39, 0.29) is 12.5 Å². The van der Waals surface area contributed by atoms with Crippen LogP contribution in [0.1, 0.15) is 258 Å². The second-order valence-electron chi connectivity index (χ2n) is 18.5. The molecule has 0 aromatic rings. The van der Waals surface area contributed by atoms with E-state index in [0.29, 0.717) is 12.8 Å². The van der Waals surface area contributed by atoms with Gasteiger partial charge in [-0.05, 0) is 19.8 Å². The van der Waals surface area contributed by atoms with Crippen molar-refractivity contribution in [1.29, 1.82) is 0 Å². The minimum absolute atomic E-state index is 0.215. The van der Waals surface area contributed by atoms with Crippen LogP contribution in [0, 0.1) is 0 Å². The van der Waals surface area contributed by atoms with Gasteiger partial charge in [-0.2, -0.15) is 0 Å². The van der Waals surface area contributed by atoms with Crippen LogP contribution >= 0.6 is 0 Å². The van der Waals surface area contributed by atoms with Gasteiger partial charge in [-0.25, -0.2) is 0 Å². The second kappa shape index (κ2) is 40.0. The molecular formula is C50H99NO8. The lowest BCUT2D eigenvalue weighted by molar-refractivity contribution is -0.295. The zero-order valence-corrected chi connectivity index (χ0v) is 38.9. The number of hydrogen-bond donors (Lipinski definition) is 6. The summed E-state index contributed by atoms with van der Waals surface area (Å²) in [6.07, 6.45) is 37.1. The highest BCUT2D eigenvalue weighted by Gasteiger charge is 2.43. The molecular weight excluding hydrogens is 743 g/mol. The van der Waals surface area contributed by atoms with Crippen molar-refractivity contribution in [2.45, 2.75) is 307 Å². The summed E-state index contributed by atoms with van der Waals surface area (Å²) in [6, 6.07) is -0.922. The fraction of sp³-hybridized carbons (Fsp3) is 0.980. The van der Waals surface area contributed by atoms with Crippen LogP contribution in [-0.4, -0.2) is 87.0 Å². The maximum absolute atomic E-state index is 13.0. The fourth-order valence-corrected chi connectivity index (χ4v) is 8.56. The predicted molar refractivity (Wildman–Crippen MR) is 244 cm³/mol. The van der Waals surface area contributed by atoms with E-state index in [1.807, 2.05) is 0 Å². The molecule has 1 amide bonds. The van der Waals surface area contributed by atoms with Crippen LogP contribution in [0.4, 0.5) is 0 Å². The van der Waals surface area contributed by atoms with Crippen molar-refractivity contribution in [2.75, 3.05) is 6.61 Å². The number of rotatable bonds is 43. The van der Waals surface area contributed by atoms with Gasteiger partial charge in [0.05, 0.1) is 24.9 Å². The Hall–Kier alpha value is -0.810. The summed E-state index contributed by atoms with van der Waals surface area (Å²) in [6.45, 7) is 5.88. The molecule has 352 valence electrons. The fourth-order valence-electron chi connectivity index (χ4n) is 8.56. The molecule has 0 bridgehead atoms. The number of aliphatic hydroxyl groups is 5. The molecule has 0 unspecified atom stereocenters. The Bertz CT molecular complexity index is 910. The van der Waals surface area contributed by atoms with E-state index in [1.165, 1.54) is 186 Å². The van der Waals surface area contributed by atoms with Crippen molar-refractivity contribution in [1.82, 2.24) is 5.32 Å². The number of hydrogen-bond acceptors (Lipinski definition) is 8. The Morgan fingerprint density at radius 2 is 0.847 bits per heavy atom. The number of amides is 1. The SMILES string of the molecule is CCCCCCCCCCCCCCCCCCCCCCCCCC(=O)N[C@@H](CO[C@H]1O[C@@H](C)[C@@H](O)[C@@H](O)[C@@H]1O)[C@H](O)[C@H](O)CCCCCCCCCCCCCC. The molecule has 0 radical (unpaired) electrons. The van der Waals surface area contributed by atoms with Crippen molar-refractivity contribution in [2.24, 2.45) is 0 Å². The van der Waals surface area contributed by atoms with E-state index in [0.717, 1.165) is 38.5 Å². The third-order valence-corrected chi connectivity index (χ3v) is 12.8. The summed E-state index contributed by atoms with van der Waals surface area (Å²) < 4.78 is 11.3. The molecule has 1 rings (SSSR count). The lowest BCUT2D eigenvalue weighted by atomic mass is 9.98. The minimum atomic E-state index is -1.49. The zero-order chi connectivity index (χ0) is 43.2. The average Bonchev–Trinajstić information content (AvgIpc) is 3.23. The van der Waals surface area contributed by atoms with Crippen molar-refractivity contribution in [3.8, 4) is 0 Å². The molecule has 0 aliphatic carbocycles. The summed E-state index contributed by atoms with van der Waals surface area (Å²) in [5.41, 5.74) is 0. The predicted octanol–water partition coefficient (Wildman–Crippen LogP) is 11.5. The Kier molecular flexibility index (Phi) is 38.1. The molecule has 0 spiro atoms. The summed E-state index contributed by atoms with van der Waals surface area (Å²) in [4.78, 5) is 13.0. The Labute approximate surface area is 364 Å². The highest BCUT2D eigenvalue weighted by molar-refractivity contribution is 5.76. The molecule has 0 aromatic heterocycles. The standard InChI is InChI=1S/C50H99NO8/c1-4-6-8-10-12-14-16-18-19-20-21-22-23-24-25-26-27-28-30-32-34-36-38-40-45(53)51-43(41-58-50-49(57)48(56)46(54)42(3)59-50)47(55)44(52)39-37-35-33-31-29-17-15-13-11-9-7-5-2/h42-44,46-50,52,54-57H,4-41H2,1-3H3,(H,51,53)/t42-,43-,44+,46+,47-,48+,49-,50-/m0/s1. The van der Waals surface area contributed by atoms with Crippen LogP contribution in [-0.2, 0) is 14.3 Å². The summed E-state index contributed by atoms with van der Waals surface area (Å²) >= 11 is 0. The summed E-state index contributed by atoms with van der Waals surface area (Å²) in [5, 5.41) is 55.7. The maximum Gasteiger partial charge on any atom is 0.220 e. The highest BCUT2D eigenvalue weighted by atomic mass is 16.7. The van der Waals surface area contributed by atoms with Crippen LogP contribution in [0.5, 0.6) is 0 Å². The van der Waals surface area contributed by atoms with Gasteiger partial charge >= 0.3 is 0 Å². The van der Waals surface area contributed by atoms with Crippen molar-refractivity contribution < 1.29 is 39.8 Å². The maximum atomic E-state index is 13.0. The molecule has 1 saturated heterocycles. The largest absolute Gasteiger partial charge is 0.390 e. The van der Waals surface area contributed by atoms with E-state index >= 15 is 0 Å². The number of unbranched alkanes of at least 4 members (excludes halogenated alkanes) is 33. The van der Waals surface area contributed by atoms with E-state index in [9.17, 15) is 30.3 Å². The van der Waals surface area contributed by atoms with Gasteiger partial charge in [-0.3, -0.25) is 4.79 Å². The van der Waals surface area contributed by atoms with Gasteiger partial charge in [0.25, 0.3) is 0 Å². The number of aliphatic hydroxyl groups excluding tert-OH is 5. The van der Waals surface area contributed by atoms with E-state index < -0.39 is 49.0 Å². The number of carbonyl (C=O) groups excluding carboxylic acids is 1. The number of carbonyl (C=O) groups is 1. The van der Waals surface area contributed by atoms with Gasteiger partial charge in [0.15, 0.2) is 6.29 Å². The first-order valence-electron chi connectivity index (χ1n) is 25.7. The van der Waals surface area contributed by atoms with Crippen LogP contribution in [0.3, 0.4) is 0 Å². The molecule has 1 aliphatic heterocycles.